The molecule has 1 aliphatic heterocycles. The second-order valence-electron chi connectivity index (χ2n) is 8.18. The first kappa shape index (κ1) is 18.2. The third-order valence-corrected chi connectivity index (χ3v) is 6.47. The predicted octanol–water partition coefficient (Wildman–Crippen LogP) is 2.05. The molecule has 4 heterocycles. The third kappa shape index (κ3) is 3.17. The van der Waals surface area contributed by atoms with Gasteiger partial charge in [0.05, 0.1) is 18.3 Å². The van der Waals surface area contributed by atoms with Crippen LogP contribution >= 0.6 is 0 Å². The number of aryl methyl sites for hydroxylation is 1. The first-order chi connectivity index (χ1) is 14.1. The van der Waals surface area contributed by atoms with Gasteiger partial charge in [-0.15, -0.1) is 0 Å². The molecule has 8 heteroatoms. The number of anilines is 1. The second-order valence-corrected chi connectivity index (χ2v) is 8.18. The molecule has 5 rings (SSSR count). The van der Waals surface area contributed by atoms with Crippen LogP contribution < -0.4 is 5.32 Å². The van der Waals surface area contributed by atoms with Crippen molar-refractivity contribution >= 4 is 17.4 Å². The SMILES string of the molecule is CO[C@@H]1C[C@H]2CN(C(=O)c3cnn4ccn(C)c34)C[C@H]2C[C@H]1Nc1ccccn1. The molecule has 1 saturated carbocycles. The van der Waals surface area contributed by atoms with E-state index in [0.717, 1.165) is 37.4 Å². The molecule has 3 aromatic heterocycles. The number of carbonyl (C=O) groups excluding carboxylic acids is 1. The Hall–Kier alpha value is -2.87. The largest absolute Gasteiger partial charge is 0.379 e. The summed E-state index contributed by atoms with van der Waals surface area (Å²) in [6.07, 6.45) is 9.29. The molecule has 0 radical (unpaired) electrons. The van der Waals surface area contributed by atoms with Crippen molar-refractivity contribution in [1.82, 2.24) is 24.1 Å². The third-order valence-electron chi connectivity index (χ3n) is 6.47. The molecular formula is C21H26N6O2. The smallest absolute Gasteiger partial charge is 0.259 e. The highest BCUT2D eigenvalue weighted by atomic mass is 16.5. The van der Waals surface area contributed by atoms with Crippen LogP contribution in [0.5, 0.6) is 0 Å². The van der Waals surface area contributed by atoms with Crippen LogP contribution in [0, 0.1) is 11.8 Å². The van der Waals surface area contributed by atoms with Gasteiger partial charge in [0.15, 0.2) is 0 Å². The van der Waals surface area contributed by atoms with Crippen molar-refractivity contribution < 1.29 is 9.53 Å². The van der Waals surface area contributed by atoms with E-state index in [-0.39, 0.29) is 18.1 Å². The number of aromatic nitrogens is 4. The first-order valence-corrected chi connectivity index (χ1v) is 10.1. The summed E-state index contributed by atoms with van der Waals surface area (Å²) in [6.45, 7) is 1.56. The number of fused-ring (bicyclic) bond motifs is 2. The zero-order chi connectivity index (χ0) is 20.0. The predicted molar refractivity (Wildman–Crippen MR) is 109 cm³/mol. The number of imidazole rings is 1. The van der Waals surface area contributed by atoms with Gasteiger partial charge >= 0.3 is 0 Å². The van der Waals surface area contributed by atoms with Crippen LogP contribution in [0.3, 0.4) is 0 Å². The molecule has 1 aliphatic carbocycles. The molecule has 29 heavy (non-hydrogen) atoms. The van der Waals surface area contributed by atoms with Gasteiger partial charge < -0.3 is 19.5 Å². The van der Waals surface area contributed by atoms with Crippen molar-refractivity contribution in [2.24, 2.45) is 18.9 Å². The van der Waals surface area contributed by atoms with Crippen LogP contribution in [0.4, 0.5) is 5.82 Å². The molecule has 0 spiro atoms. The van der Waals surface area contributed by atoms with Gasteiger partial charge in [-0.25, -0.2) is 9.50 Å². The fraction of sp³-hybridized carbons (Fsp3) is 0.476. The Morgan fingerprint density at radius 2 is 2.03 bits per heavy atom. The maximum absolute atomic E-state index is 13.2. The van der Waals surface area contributed by atoms with Gasteiger partial charge in [0, 0.05) is 45.8 Å². The summed E-state index contributed by atoms with van der Waals surface area (Å²) in [5.74, 6) is 1.87. The molecule has 3 aromatic rings. The highest BCUT2D eigenvalue weighted by molar-refractivity contribution is 6.00. The van der Waals surface area contributed by atoms with E-state index >= 15 is 0 Å². The van der Waals surface area contributed by atoms with Crippen LogP contribution in [-0.2, 0) is 11.8 Å². The van der Waals surface area contributed by atoms with E-state index < -0.39 is 0 Å². The number of hydrogen-bond acceptors (Lipinski definition) is 5. The van der Waals surface area contributed by atoms with Crippen LogP contribution in [-0.4, -0.2) is 62.3 Å². The molecule has 1 N–H and O–H groups in total. The maximum Gasteiger partial charge on any atom is 0.259 e. The molecule has 2 fully saturated rings. The standard InChI is InChI=1S/C21H26N6O2/c1-25-7-8-27-20(25)16(11-23-27)21(28)26-12-14-9-17(18(29-2)10-15(14)13-26)24-19-5-3-4-6-22-19/h3-8,11,14-15,17-18H,9-10,12-13H2,1-2H3,(H,22,24)/t14-,15+,17-,18-/m1/s1. The summed E-state index contributed by atoms with van der Waals surface area (Å²) in [5, 5.41) is 7.86. The topological polar surface area (TPSA) is 76.7 Å². The quantitative estimate of drug-likeness (QED) is 0.733. The molecule has 1 saturated heterocycles. The molecule has 4 atom stereocenters. The van der Waals surface area contributed by atoms with Gasteiger partial charge in [-0.3, -0.25) is 4.79 Å². The van der Waals surface area contributed by atoms with Gasteiger partial charge in [-0.2, -0.15) is 5.10 Å². The van der Waals surface area contributed by atoms with Crippen LogP contribution in [0.25, 0.3) is 5.65 Å². The molecule has 0 aromatic carbocycles. The number of amides is 1. The molecule has 1 amide bonds. The van der Waals surface area contributed by atoms with Crippen molar-refractivity contribution in [3.8, 4) is 0 Å². The summed E-state index contributed by atoms with van der Waals surface area (Å²) in [6, 6.07) is 6.07. The van der Waals surface area contributed by atoms with E-state index in [1.54, 1.807) is 24.0 Å². The number of likely N-dealkylation sites (tertiary alicyclic amines) is 1. The fourth-order valence-electron chi connectivity index (χ4n) is 5.00. The average molecular weight is 394 g/mol. The van der Waals surface area contributed by atoms with Crippen LogP contribution in [0.15, 0.2) is 43.0 Å². The van der Waals surface area contributed by atoms with Gasteiger partial charge in [0.25, 0.3) is 5.91 Å². The minimum absolute atomic E-state index is 0.0689. The maximum atomic E-state index is 13.2. The molecule has 2 aliphatic rings. The minimum Gasteiger partial charge on any atom is -0.379 e. The minimum atomic E-state index is 0.0689. The van der Waals surface area contributed by atoms with Crippen LogP contribution in [0.2, 0.25) is 0 Å². The molecule has 0 bridgehead atoms. The first-order valence-electron chi connectivity index (χ1n) is 10.1. The zero-order valence-electron chi connectivity index (χ0n) is 16.7. The van der Waals surface area contributed by atoms with E-state index in [4.69, 9.17) is 4.74 Å². The van der Waals surface area contributed by atoms with Gasteiger partial charge in [0.2, 0.25) is 0 Å². The van der Waals surface area contributed by atoms with Crippen molar-refractivity contribution in [3.63, 3.8) is 0 Å². The summed E-state index contributed by atoms with van der Waals surface area (Å²) in [7, 11) is 3.71. The molecule has 8 nitrogen and oxygen atoms in total. The number of methoxy groups -OCH3 is 1. The number of hydrogen-bond donors (Lipinski definition) is 1. The number of pyridine rings is 1. The summed E-state index contributed by atoms with van der Waals surface area (Å²) < 4.78 is 9.50. The highest BCUT2D eigenvalue weighted by Crippen LogP contribution is 2.39. The van der Waals surface area contributed by atoms with Crippen molar-refractivity contribution in [2.45, 2.75) is 25.0 Å². The summed E-state index contributed by atoms with van der Waals surface area (Å²) in [4.78, 5) is 19.6. The Balaban J connectivity index is 1.32. The summed E-state index contributed by atoms with van der Waals surface area (Å²) in [5.41, 5.74) is 1.51. The lowest BCUT2D eigenvalue weighted by molar-refractivity contribution is 0.0304. The molecule has 0 unspecified atom stereocenters. The fourth-order valence-corrected chi connectivity index (χ4v) is 5.00. The van der Waals surface area contributed by atoms with Gasteiger partial charge in [-0.1, -0.05) is 6.07 Å². The Morgan fingerprint density at radius 3 is 2.79 bits per heavy atom. The van der Waals surface area contributed by atoms with E-state index in [1.807, 2.05) is 47.1 Å². The van der Waals surface area contributed by atoms with Crippen molar-refractivity contribution in [2.75, 3.05) is 25.5 Å². The second kappa shape index (κ2) is 7.18. The number of nitrogens with one attached hydrogen (secondary N) is 1. The van der Waals surface area contributed by atoms with Gasteiger partial charge in [-0.05, 0) is 36.8 Å². The van der Waals surface area contributed by atoms with E-state index in [9.17, 15) is 4.79 Å². The van der Waals surface area contributed by atoms with Crippen molar-refractivity contribution in [3.05, 3.63) is 48.5 Å². The lowest BCUT2D eigenvalue weighted by Crippen LogP contribution is -2.44. The Morgan fingerprint density at radius 1 is 1.21 bits per heavy atom. The monoisotopic (exact) mass is 394 g/mol. The van der Waals surface area contributed by atoms with E-state index in [0.29, 0.717) is 17.4 Å². The van der Waals surface area contributed by atoms with Gasteiger partial charge in [0.1, 0.15) is 17.0 Å². The number of rotatable bonds is 4. The number of nitrogens with zero attached hydrogens (tertiary/aromatic N) is 5. The Kier molecular flexibility index (Phi) is 4.50. The number of ether oxygens (including phenoxy) is 1. The Labute approximate surface area is 169 Å². The Bertz CT molecular complexity index is 1010. The normalized spacial score (nSPS) is 26.6. The van der Waals surface area contributed by atoms with E-state index in [1.165, 1.54) is 0 Å². The zero-order valence-corrected chi connectivity index (χ0v) is 16.7. The number of carbonyl (C=O) groups is 1. The lowest BCUT2D eigenvalue weighted by Gasteiger charge is -2.37. The summed E-state index contributed by atoms with van der Waals surface area (Å²) >= 11 is 0. The molecular weight excluding hydrogens is 368 g/mol. The van der Waals surface area contributed by atoms with Crippen molar-refractivity contribution in [1.29, 1.82) is 0 Å². The van der Waals surface area contributed by atoms with Crippen LogP contribution in [0.1, 0.15) is 23.2 Å². The lowest BCUT2D eigenvalue weighted by atomic mass is 9.77. The van der Waals surface area contributed by atoms with E-state index in [2.05, 4.69) is 15.4 Å². The highest BCUT2D eigenvalue weighted by Gasteiger charge is 2.44. The average Bonchev–Trinajstić information content (AvgIpc) is 3.43. The molecule has 152 valence electrons.